The van der Waals surface area contributed by atoms with E-state index in [1.54, 1.807) is 0 Å². The molecule has 0 fully saturated rings. The maximum absolute atomic E-state index is 12.2. The molecule has 1 aromatic carbocycles. The maximum Gasteiger partial charge on any atom is 0.229 e. The van der Waals surface area contributed by atoms with E-state index in [-0.39, 0.29) is 12.3 Å². The topological polar surface area (TPSA) is 55.1 Å². The molecule has 20 heavy (non-hydrogen) atoms. The minimum absolute atomic E-state index is 0.0468. The molecule has 0 unspecified atom stereocenters. The zero-order chi connectivity index (χ0) is 14.9. The Bertz CT molecular complexity index is 614. The highest BCUT2D eigenvalue weighted by Crippen LogP contribution is 2.22. The van der Waals surface area contributed by atoms with Crippen LogP contribution < -0.4 is 5.32 Å². The van der Waals surface area contributed by atoms with Gasteiger partial charge in [-0.15, -0.1) is 0 Å². The van der Waals surface area contributed by atoms with E-state index >= 15 is 0 Å². The summed E-state index contributed by atoms with van der Waals surface area (Å²) < 4.78 is 5.08. The van der Waals surface area contributed by atoms with E-state index in [9.17, 15) is 4.79 Å². The van der Waals surface area contributed by atoms with Gasteiger partial charge in [0.15, 0.2) is 0 Å². The van der Waals surface area contributed by atoms with Gasteiger partial charge in [-0.1, -0.05) is 22.9 Å². The number of nitrogens with zero attached hydrogens (tertiary/aromatic N) is 1. The predicted octanol–water partition coefficient (Wildman–Crippen LogP) is 3.40. The molecule has 0 radical (unpaired) electrons. The van der Waals surface area contributed by atoms with Crippen LogP contribution in [0.4, 0.5) is 5.69 Å². The van der Waals surface area contributed by atoms with Gasteiger partial charge in [-0.2, -0.15) is 0 Å². The lowest BCUT2D eigenvalue weighted by Crippen LogP contribution is -2.16. The second kappa shape index (κ2) is 5.49. The lowest BCUT2D eigenvalue weighted by molar-refractivity contribution is -0.115. The summed E-state index contributed by atoms with van der Waals surface area (Å²) in [5.41, 5.74) is 5.89. The molecule has 1 amide bonds. The van der Waals surface area contributed by atoms with E-state index in [0.717, 1.165) is 28.1 Å². The lowest BCUT2D eigenvalue weighted by atomic mass is 10.0. The molecule has 1 heterocycles. The third kappa shape index (κ3) is 2.90. The van der Waals surface area contributed by atoms with Crippen LogP contribution in [0.25, 0.3) is 0 Å². The smallest absolute Gasteiger partial charge is 0.229 e. The number of aryl methyl sites for hydroxylation is 5. The average molecular weight is 272 g/mol. The first-order valence-corrected chi connectivity index (χ1v) is 6.68. The zero-order valence-corrected chi connectivity index (χ0v) is 12.6. The third-order valence-corrected chi connectivity index (χ3v) is 3.46. The molecule has 4 heteroatoms. The van der Waals surface area contributed by atoms with Crippen LogP contribution in [0.2, 0.25) is 0 Å². The normalized spacial score (nSPS) is 10.7. The van der Waals surface area contributed by atoms with Crippen LogP contribution in [0.1, 0.15) is 33.7 Å². The molecule has 0 aliphatic carbocycles. The average Bonchev–Trinajstić information content (AvgIpc) is 2.65. The van der Waals surface area contributed by atoms with E-state index in [0.29, 0.717) is 5.76 Å². The summed E-state index contributed by atoms with van der Waals surface area (Å²) in [6, 6.07) is 4.14. The largest absolute Gasteiger partial charge is 0.361 e. The van der Waals surface area contributed by atoms with Crippen molar-refractivity contribution in [3.8, 4) is 0 Å². The second-order valence-corrected chi connectivity index (χ2v) is 5.30. The monoisotopic (exact) mass is 272 g/mol. The summed E-state index contributed by atoms with van der Waals surface area (Å²) in [5.74, 6) is 0.657. The van der Waals surface area contributed by atoms with Gasteiger partial charge >= 0.3 is 0 Å². The number of anilines is 1. The zero-order valence-electron chi connectivity index (χ0n) is 12.6. The number of nitrogens with one attached hydrogen (secondary N) is 1. The van der Waals surface area contributed by atoms with Gasteiger partial charge in [-0.3, -0.25) is 4.79 Å². The number of hydrogen-bond donors (Lipinski definition) is 1. The Morgan fingerprint density at radius 3 is 2.25 bits per heavy atom. The van der Waals surface area contributed by atoms with E-state index in [1.165, 1.54) is 5.56 Å². The minimum Gasteiger partial charge on any atom is -0.361 e. The van der Waals surface area contributed by atoms with Crippen LogP contribution in [-0.4, -0.2) is 11.1 Å². The van der Waals surface area contributed by atoms with Crippen molar-refractivity contribution in [1.82, 2.24) is 5.16 Å². The summed E-state index contributed by atoms with van der Waals surface area (Å²) >= 11 is 0. The Morgan fingerprint density at radius 2 is 1.75 bits per heavy atom. The number of rotatable bonds is 3. The van der Waals surface area contributed by atoms with Crippen molar-refractivity contribution >= 4 is 11.6 Å². The summed E-state index contributed by atoms with van der Waals surface area (Å²) in [4.78, 5) is 12.2. The Labute approximate surface area is 119 Å². The van der Waals surface area contributed by atoms with Crippen LogP contribution in [0.15, 0.2) is 16.7 Å². The summed E-state index contributed by atoms with van der Waals surface area (Å²) in [7, 11) is 0. The fraction of sp³-hybridized carbons (Fsp3) is 0.375. The SMILES string of the molecule is Cc1cc(C)c(NC(=O)Cc2c(C)noc2C)c(C)c1. The quantitative estimate of drug-likeness (QED) is 0.931. The van der Waals surface area contributed by atoms with Crippen LogP contribution in [0.3, 0.4) is 0 Å². The van der Waals surface area contributed by atoms with Crippen molar-refractivity contribution < 1.29 is 9.32 Å². The van der Waals surface area contributed by atoms with Crippen LogP contribution >= 0.6 is 0 Å². The minimum atomic E-state index is -0.0468. The second-order valence-electron chi connectivity index (χ2n) is 5.30. The molecule has 1 N–H and O–H groups in total. The molecule has 0 bridgehead atoms. The number of hydrogen-bond acceptors (Lipinski definition) is 3. The molecule has 0 atom stereocenters. The fourth-order valence-corrected chi connectivity index (χ4v) is 2.48. The first-order valence-electron chi connectivity index (χ1n) is 6.68. The Hall–Kier alpha value is -2.10. The van der Waals surface area contributed by atoms with Crippen molar-refractivity contribution in [3.05, 3.63) is 45.8 Å². The molecule has 0 saturated heterocycles. The van der Waals surface area contributed by atoms with Crippen molar-refractivity contribution in [2.45, 2.75) is 41.0 Å². The molecule has 1 aromatic heterocycles. The van der Waals surface area contributed by atoms with Gasteiger partial charge in [0.1, 0.15) is 5.76 Å². The summed E-state index contributed by atoms with van der Waals surface area (Å²) in [5, 5.41) is 6.86. The van der Waals surface area contributed by atoms with E-state index < -0.39 is 0 Å². The van der Waals surface area contributed by atoms with Crippen molar-refractivity contribution in [2.75, 3.05) is 5.32 Å². The number of carbonyl (C=O) groups excluding carboxylic acids is 1. The Balaban J connectivity index is 2.17. The highest BCUT2D eigenvalue weighted by atomic mass is 16.5. The van der Waals surface area contributed by atoms with Gasteiger partial charge in [0, 0.05) is 11.3 Å². The van der Waals surface area contributed by atoms with Crippen LogP contribution in [0, 0.1) is 34.6 Å². The highest BCUT2D eigenvalue weighted by Gasteiger charge is 2.15. The molecule has 0 aliphatic heterocycles. The summed E-state index contributed by atoms with van der Waals surface area (Å²) in [6.45, 7) is 9.74. The molecule has 106 valence electrons. The fourth-order valence-electron chi connectivity index (χ4n) is 2.48. The molecule has 4 nitrogen and oxygen atoms in total. The van der Waals surface area contributed by atoms with E-state index in [1.807, 2.05) is 27.7 Å². The Kier molecular flexibility index (Phi) is 3.93. The van der Waals surface area contributed by atoms with Crippen LogP contribution in [0.5, 0.6) is 0 Å². The van der Waals surface area contributed by atoms with Gasteiger partial charge in [-0.25, -0.2) is 0 Å². The van der Waals surface area contributed by atoms with Gasteiger partial charge in [0.2, 0.25) is 5.91 Å². The molecule has 0 aliphatic rings. The van der Waals surface area contributed by atoms with Gasteiger partial charge in [-0.05, 0) is 45.7 Å². The standard InChI is InChI=1S/C16H20N2O2/c1-9-6-10(2)16(11(3)7-9)17-15(19)8-14-12(4)18-20-13(14)5/h6-7H,8H2,1-5H3,(H,17,19). The number of carbonyl (C=O) groups is 1. The highest BCUT2D eigenvalue weighted by molar-refractivity contribution is 5.94. The first kappa shape index (κ1) is 14.3. The third-order valence-electron chi connectivity index (χ3n) is 3.46. The van der Waals surface area contributed by atoms with E-state index in [2.05, 4.69) is 29.5 Å². The molecule has 0 spiro atoms. The van der Waals surface area contributed by atoms with Crippen molar-refractivity contribution in [2.24, 2.45) is 0 Å². The predicted molar refractivity (Wildman–Crippen MR) is 79.0 cm³/mol. The van der Waals surface area contributed by atoms with Crippen molar-refractivity contribution in [1.29, 1.82) is 0 Å². The van der Waals surface area contributed by atoms with Crippen LogP contribution in [-0.2, 0) is 11.2 Å². The number of aromatic nitrogens is 1. The molecule has 2 rings (SSSR count). The van der Waals surface area contributed by atoms with Gasteiger partial charge < -0.3 is 9.84 Å². The molecular weight excluding hydrogens is 252 g/mol. The Morgan fingerprint density at radius 1 is 1.15 bits per heavy atom. The maximum atomic E-state index is 12.2. The molecular formula is C16H20N2O2. The molecule has 0 saturated carbocycles. The van der Waals surface area contributed by atoms with E-state index in [4.69, 9.17) is 4.52 Å². The van der Waals surface area contributed by atoms with Crippen molar-refractivity contribution in [3.63, 3.8) is 0 Å². The number of benzene rings is 1. The van der Waals surface area contributed by atoms with Gasteiger partial charge in [0.05, 0.1) is 12.1 Å². The first-order chi connectivity index (χ1) is 9.38. The summed E-state index contributed by atoms with van der Waals surface area (Å²) in [6.07, 6.45) is 0.286. The number of amides is 1. The molecule has 2 aromatic rings. The van der Waals surface area contributed by atoms with Gasteiger partial charge in [0.25, 0.3) is 0 Å². The lowest BCUT2D eigenvalue weighted by Gasteiger charge is -2.12.